The minimum absolute atomic E-state index is 0.201. The van der Waals surface area contributed by atoms with Crippen molar-refractivity contribution in [2.75, 3.05) is 19.3 Å². The van der Waals surface area contributed by atoms with Crippen molar-refractivity contribution < 1.29 is 27.5 Å². The second-order valence-corrected chi connectivity index (χ2v) is 7.19. The molecule has 3 aromatic carbocycles. The molecule has 0 saturated carbocycles. The van der Waals surface area contributed by atoms with E-state index in [0.717, 1.165) is 0 Å². The van der Waals surface area contributed by atoms with Gasteiger partial charge in [0.25, 0.3) is 0 Å². The third kappa shape index (κ3) is 4.75. The van der Waals surface area contributed by atoms with E-state index in [4.69, 9.17) is 18.5 Å². The number of anilines is 1. The molecular formula is C20H19FNO5P. The molecule has 0 aliphatic rings. The molecule has 0 fully saturated rings. The summed E-state index contributed by atoms with van der Waals surface area (Å²) in [5, 5.41) is 2.66. The number of benzene rings is 3. The van der Waals surface area contributed by atoms with E-state index in [1.165, 1.54) is 32.4 Å². The average Bonchev–Trinajstić information content (AvgIpc) is 2.68. The van der Waals surface area contributed by atoms with Crippen molar-refractivity contribution in [3.05, 3.63) is 78.6 Å². The van der Waals surface area contributed by atoms with Gasteiger partial charge in [-0.05, 0) is 42.5 Å². The van der Waals surface area contributed by atoms with E-state index in [1.807, 2.05) is 0 Å². The van der Waals surface area contributed by atoms with Gasteiger partial charge in [0.05, 0.1) is 14.2 Å². The quantitative estimate of drug-likeness (QED) is 0.500. The monoisotopic (exact) mass is 403 g/mol. The maximum absolute atomic E-state index is 13.6. The summed E-state index contributed by atoms with van der Waals surface area (Å²) in [5.74, 6) is 0.644. The molecule has 1 N–H and O–H groups in total. The van der Waals surface area contributed by atoms with Crippen LogP contribution in [0.25, 0.3) is 0 Å². The van der Waals surface area contributed by atoms with Gasteiger partial charge in [0.15, 0.2) is 23.0 Å². The van der Waals surface area contributed by atoms with Crippen LogP contribution in [0.4, 0.5) is 10.1 Å². The zero-order chi connectivity index (χ0) is 20.0. The highest BCUT2D eigenvalue weighted by Crippen LogP contribution is 2.51. The van der Waals surface area contributed by atoms with Gasteiger partial charge >= 0.3 is 7.75 Å². The Morgan fingerprint density at radius 3 is 1.71 bits per heavy atom. The molecule has 0 amide bonds. The Morgan fingerprint density at radius 2 is 1.25 bits per heavy atom. The Morgan fingerprint density at radius 1 is 0.750 bits per heavy atom. The van der Waals surface area contributed by atoms with Crippen LogP contribution < -0.4 is 23.6 Å². The Balaban J connectivity index is 1.98. The van der Waals surface area contributed by atoms with Gasteiger partial charge in [-0.15, -0.1) is 0 Å². The molecule has 0 bridgehead atoms. The largest absolute Gasteiger partial charge is 0.541 e. The number of hydrogen-bond donors (Lipinski definition) is 1. The first-order valence-corrected chi connectivity index (χ1v) is 9.86. The smallest absolute Gasteiger partial charge is 0.493 e. The van der Waals surface area contributed by atoms with Crippen molar-refractivity contribution >= 4 is 13.4 Å². The average molecular weight is 403 g/mol. The normalized spacial score (nSPS) is 10.8. The van der Waals surface area contributed by atoms with Gasteiger partial charge in [-0.2, -0.15) is 0 Å². The van der Waals surface area contributed by atoms with E-state index in [1.54, 1.807) is 54.6 Å². The van der Waals surface area contributed by atoms with Crippen LogP contribution in [-0.4, -0.2) is 14.2 Å². The molecule has 8 heteroatoms. The lowest BCUT2D eigenvalue weighted by atomic mass is 10.3. The van der Waals surface area contributed by atoms with Gasteiger partial charge in [0.1, 0.15) is 5.82 Å². The van der Waals surface area contributed by atoms with Gasteiger partial charge in [-0.1, -0.05) is 30.3 Å². The van der Waals surface area contributed by atoms with E-state index in [2.05, 4.69) is 5.09 Å². The molecule has 6 nitrogen and oxygen atoms in total. The summed E-state index contributed by atoms with van der Waals surface area (Å²) in [5.41, 5.74) is 0.230. The summed E-state index contributed by atoms with van der Waals surface area (Å²) in [4.78, 5) is 0. The van der Waals surface area contributed by atoms with E-state index in [0.29, 0.717) is 11.5 Å². The van der Waals surface area contributed by atoms with Crippen LogP contribution in [0.15, 0.2) is 72.8 Å². The van der Waals surface area contributed by atoms with E-state index >= 15 is 0 Å². The Kier molecular flexibility index (Phi) is 6.06. The number of methoxy groups -OCH3 is 2. The number of nitrogens with one attached hydrogen (secondary N) is 1. The highest BCUT2D eigenvalue weighted by atomic mass is 31.2. The molecule has 0 aromatic heterocycles. The Labute approximate surface area is 162 Å². The van der Waals surface area contributed by atoms with Crippen LogP contribution in [0.2, 0.25) is 0 Å². The van der Waals surface area contributed by atoms with E-state index in [9.17, 15) is 8.96 Å². The molecule has 146 valence electrons. The van der Waals surface area contributed by atoms with Crippen molar-refractivity contribution in [3.8, 4) is 23.0 Å². The molecule has 0 spiro atoms. The number of ether oxygens (including phenoxy) is 2. The summed E-state index contributed by atoms with van der Waals surface area (Å²) in [7, 11) is -1.13. The molecule has 0 unspecified atom stereocenters. The fourth-order valence-electron chi connectivity index (χ4n) is 2.43. The maximum Gasteiger partial charge on any atom is 0.541 e. The Bertz CT molecular complexity index is 944. The third-order valence-corrected chi connectivity index (χ3v) is 5.07. The molecule has 0 atom stereocenters. The SMILES string of the molecule is COc1ccccc1OP(=O)(Nc1cccc(F)c1)Oc1ccccc1OC. The fraction of sp³-hybridized carbons (Fsp3) is 0.100. The maximum atomic E-state index is 13.6. The van der Waals surface area contributed by atoms with Crippen LogP contribution in [0.1, 0.15) is 0 Å². The van der Waals surface area contributed by atoms with Crippen molar-refractivity contribution in [1.29, 1.82) is 0 Å². The van der Waals surface area contributed by atoms with Gasteiger partial charge in [-0.3, -0.25) is 5.09 Å². The van der Waals surface area contributed by atoms with Gasteiger partial charge in [-0.25, -0.2) is 8.96 Å². The van der Waals surface area contributed by atoms with Crippen molar-refractivity contribution in [3.63, 3.8) is 0 Å². The van der Waals surface area contributed by atoms with Crippen molar-refractivity contribution in [2.24, 2.45) is 0 Å². The van der Waals surface area contributed by atoms with Crippen LogP contribution in [0.3, 0.4) is 0 Å². The molecule has 0 aliphatic heterocycles. The summed E-state index contributed by atoms with van der Waals surface area (Å²) < 4.78 is 49.0. The van der Waals surface area contributed by atoms with Gasteiger partial charge in [0, 0.05) is 5.69 Å². The number of hydrogen-bond acceptors (Lipinski definition) is 5. The van der Waals surface area contributed by atoms with Crippen LogP contribution in [-0.2, 0) is 4.57 Å². The minimum Gasteiger partial charge on any atom is -0.493 e. The zero-order valence-electron chi connectivity index (χ0n) is 15.3. The number of rotatable bonds is 8. The summed E-state index contributed by atoms with van der Waals surface area (Å²) in [6.45, 7) is 0. The molecule has 3 rings (SSSR count). The first kappa shape index (κ1) is 19.6. The highest BCUT2D eigenvalue weighted by molar-refractivity contribution is 7.56. The Hall–Kier alpha value is -3.18. The fourth-order valence-corrected chi connectivity index (χ4v) is 3.83. The molecule has 0 aliphatic carbocycles. The second-order valence-electron chi connectivity index (χ2n) is 5.60. The highest BCUT2D eigenvalue weighted by Gasteiger charge is 2.31. The molecule has 28 heavy (non-hydrogen) atoms. The standard InChI is InChI=1S/C20H19FNO5P/c1-24-17-10-3-5-12-19(17)26-28(23,22-16-9-7-8-15(21)14-16)27-20-13-6-4-11-18(20)25-2/h3-14H,1-2H3,(H,22,23). The van der Waals surface area contributed by atoms with Crippen LogP contribution >= 0.6 is 7.75 Å². The minimum atomic E-state index is -4.06. The summed E-state index contributed by atoms with van der Waals surface area (Å²) in [6.07, 6.45) is 0. The van der Waals surface area contributed by atoms with Crippen LogP contribution in [0, 0.1) is 5.82 Å². The number of halogens is 1. The lowest BCUT2D eigenvalue weighted by Gasteiger charge is -2.22. The first-order chi connectivity index (χ1) is 13.5. The first-order valence-electron chi connectivity index (χ1n) is 8.32. The predicted molar refractivity (Wildman–Crippen MR) is 105 cm³/mol. The van der Waals surface area contributed by atoms with Crippen molar-refractivity contribution in [2.45, 2.75) is 0 Å². The topological polar surface area (TPSA) is 66.0 Å². The predicted octanol–water partition coefficient (Wildman–Crippen LogP) is 5.52. The van der Waals surface area contributed by atoms with E-state index in [-0.39, 0.29) is 17.2 Å². The number of para-hydroxylation sites is 4. The molecule has 3 aromatic rings. The third-order valence-electron chi connectivity index (χ3n) is 3.67. The summed E-state index contributed by atoms with van der Waals surface area (Å²) in [6, 6.07) is 18.9. The van der Waals surface area contributed by atoms with Gasteiger partial charge < -0.3 is 18.5 Å². The molecular weight excluding hydrogens is 384 g/mol. The van der Waals surface area contributed by atoms with Crippen LogP contribution in [0.5, 0.6) is 23.0 Å². The lowest BCUT2D eigenvalue weighted by molar-refractivity contribution is 0.350. The molecule has 0 radical (unpaired) electrons. The van der Waals surface area contributed by atoms with E-state index < -0.39 is 13.6 Å². The van der Waals surface area contributed by atoms with Gasteiger partial charge in [0.2, 0.25) is 0 Å². The van der Waals surface area contributed by atoms with Crippen molar-refractivity contribution in [1.82, 2.24) is 0 Å². The molecule has 0 heterocycles. The summed E-state index contributed by atoms with van der Waals surface area (Å²) >= 11 is 0. The second kappa shape index (κ2) is 8.67. The zero-order valence-corrected chi connectivity index (χ0v) is 16.2. The molecule has 0 saturated heterocycles. The lowest BCUT2D eigenvalue weighted by Crippen LogP contribution is -2.11.